The fourth-order valence-corrected chi connectivity index (χ4v) is 1.37. The molecule has 0 aliphatic rings. The summed E-state index contributed by atoms with van der Waals surface area (Å²) in [6.45, 7) is 10.0. The van der Waals surface area contributed by atoms with Crippen molar-refractivity contribution in [1.29, 1.82) is 0 Å². The summed E-state index contributed by atoms with van der Waals surface area (Å²) >= 11 is 0. The van der Waals surface area contributed by atoms with Gasteiger partial charge in [-0.25, -0.2) is 0 Å². The van der Waals surface area contributed by atoms with Crippen LogP contribution in [0.3, 0.4) is 0 Å². The third kappa shape index (κ3) is 9.09. The number of hydrogen-bond donors (Lipinski definition) is 2. The van der Waals surface area contributed by atoms with E-state index in [0.29, 0.717) is 6.42 Å². The Kier molecular flexibility index (Phi) is 7.15. The molecule has 0 fully saturated rings. The lowest BCUT2D eigenvalue weighted by molar-refractivity contribution is -0.185. The van der Waals surface area contributed by atoms with Crippen LogP contribution < -0.4 is 0 Å². The van der Waals surface area contributed by atoms with Gasteiger partial charge in [0, 0.05) is 0 Å². The zero-order valence-electron chi connectivity index (χ0n) is 11.1. The molecule has 0 aliphatic carbocycles. The van der Waals surface area contributed by atoms with Gasteiger partial charge in [0.2, 0.25) is 0 Å². The predicted octanol–water partition coefficient (Wildman–Crippen LogP) is 1.54. The van der Waals surface area contributed by atoms with Crippen LogP contribution in [0.1, 0.15) is 41.0 Å². The molecule has 0 aromatic heterocycles. The molecule has 0 spiro atoms. The standard InChI is InChI=1S/C12H26O4/c1-9(2)15-8-11(14)16-10(7-13)6-12(3,4)5/h9-11,13-14H,6-8H2,1-5H3. The molecule has 16 heavy (non-hydrogen) atoms. The maximum atomic E-state index is 9.54. The van der Waals surface area contributed by atoms with E-state index in [0.717, 1.165) is 0 Å². The van der Waals surface area contributed by atoms with Gasteiger partial charge in [-0.3, -0.25) is 0 Å². The van der Waals surface area contributed by atoms with Gasteiger partial charge in [0.25, 0.3) is 0 Å². The Labute approximate surface area is 98.6 Å². The average Bonchev–Trinajstić information content (AvgIpc) is 2.11. The van der Waals surface area contributed by atoms with Crippen molar-refractivity contribution in [3.8, 4) is 0 Å². The van der Waals surface area contributed by atoms with Crippen LogP contribution in [0, 0.1) is 5.41 Å². The van der Waals surface area contributed by atoms with Crippen LogP contribution in [0.15, 0.2) is 0 Å². The van der Waals surface area contributed by atoms with Crippen LogP contribution in [-0.2, 0) is 9.47 Å². The molecule has 0 bridgehead atoms. The summed E-state index contributed by atoms with van der Waals surface area (Å²) in [7, 11) is 0. The van der Waals surface area contributed by atoms with Crippen molar-refractivity contribution in [2.24, 2.45) is 5.41 Å². The summed E-state index contributed by atoms with van der Waals surface area (Å²) in [5.74, 6) is 0. The van der Waals surface area contributed by atoms with E-state index in [1.807, 2.05) is 13.8 Å². The summed E-state index contributed by atoms with van der Waals surface area (Å²) in [5, 5.41) is 18.7. The zero-order chi connectivity index (χ0) is 12.8. The minimum atomic E-state index is -0.970. The summed E-state index contributed by atoms with van der Waals surface area (Å²) in [6.07, 6.45) is -0.552. The highest BCUT2D eigenvalue weighted by Gasteiger charge is 2.21. The molecule has 0 rings (SSSR count). The van der Waals surface area contributed by atoms with Crippen LogP contribution in [0.2, 0.25) is 0 Å². The molecule has 2 unspecified atom stereocenters. The maximum absolute atomic E-state index is 9.54. The van der Waals surface area contributed by atoms with Gasteiger partial charge >= 0.3 is 0 Å². The number of aliphatic hydroxyl groups is 2. The summed E-state index contributed by atoms with van der Waals surface area (Å²) in [6, 6.07) is 0. The van der Waals surface area contributed by atoms with Crippen molar-refractivity contribution in [1.82, 2.24) is 0 Å². The van der Waals surface area contributed by atoms with Gasteiger partial charge < -0.3 is 19.7 Å². The highest BCUT2D eigenvalue weighted by atomic mass is 16.6. The molecule has 0 aromatic rings. The topological polar surface area (TPSA) is 58.9 Å². The highest BCUT2D eigenvalue weighted by molar-refractivity contribution is 4.69. The first-order valence-corrected chi connectivity index (χ1v) is 5.80. The van der Waals surface area contributed by atoms with Crippen molar-refractivity contribution in [2.45, 2.75) is 59.5 Å². The molecule has 0 radical (unpaired) electrons. The monoisotopic (exact) mass is 234 g/mol. The predicted molar refractivity (Wildman–Crippen MR) is 63.1 cm³/mol. The van der Waals surface area contributed by atoms with E-state index in [1.165, 1.54) is 0 Å². The third-order valence-electron chi connectivity index (χ3n) is 1.97. The summed E-state index contributed by atoms with van der Waals surface area (Å²) in [4.78, 5) is 0. The van der Waals surface area contributed by atoms with Crippen LogP contribution in [0.5, 0.6) is 0 Å². The van der Waals surface area contributed by atoms with E-state index in [1.54, 1.807) is 0 Å². The lowest BCUT2D eigenvalue weighted by atomic mass is 9.89. The Bertz CT molecular complexity index is 174. The Hall–Kier alpha value is -0.160. The number of hydrogen-bond acceptors (Lipinski definition) is 4. The van der Waals surface area contributed by atoms with Gasteiger partial charge in [0.15, 0.2) is 6.29 Å². The highest BCUT2D eigenvalue weighted by Crippen LogP contribution is 2.22. The molecule has 2 N–H and O–H groups in total. The number of rotatable bonds is 7. The Morgan fingerprint density at radius 2 is 1.75 bits per heavy atom. The van der Waals surface area contributed by atoms with E-state index in [-0.39, 0.29) is 30.8 Å². The van der Waals surface area contributed by atoms with E-state index in [2.05, 4.69) is 20.8 Å². The fourth-order valence-electron chi connectivity index (χ4n) is 1.37. The molecule has 4 heteroatoms. The molecule has 0 amide bonds. The Morgan fingerprint density at radius 3 is 2.12 bits per heavy atom. The molecule has 0 saturated heterocycles. The molecule has 0 aliphatic heterocycles. The Balaban J connectivity index is 3.92. The van der Waals surface area contributed by atoms with Crippen LogP contribution in [-0.4, -0.2) is 41.9 Å². The molecule has 0 heterocycles. The molecule has 2 atom stereocenters. The van der Waals surface area contributed by atoms with Gasteiger partial charge in [-0.1, -0.05) is 20.8 Å². The molecular weight excluding hydrogens is 208 g/mol. The van der Waals surface area contributed by atoms with Gasteiger partial charge in [-0.05, 0) is 25.7 Å². The first kappa shape index (κ1) is 15.8. The van der Waals surface area contributed by atoms with E-state index in [9.17, 15) is 5.11 Å². The van der Waals surface area contributed by atoms with Crippen molar-refractivity contribution in [3.05, 3.63) is 0 Å². The van der Waals surface area contributed by atoms with Crippen molar-refractivity contribution < 1.29 is 19.7 Å². The van der Waals surface area contributed by atoms with Gasteiger partial charge in [0.05, 0.1) is 25.4 Å². The minimum Gasteiger partial charge on any atom is -0.394 e. The first-order valence-electron chi connectivity index (χ1n) is 5.80. The normalized spacial score (nSPS) is 16.5. The fraction of sp³-hybridized carbons (Fsp3) is 1.00. The molecule has 0 aromatic carbocycles. The third-order valence-corrected chi connectivity index (χ3v) is 1.97. The van der Waals surface area contributed by atoms with Gasteiger partial charge in [0.1, 0.15) is 0 Å². The molecule has 98 valence electrons. The van der Waals surface area contributed by atoms with E-state index in [4.69, 9.17) is 14.6 Å². The van der Waals surface area contributed by atoms with Crippen LogP contribution >= 0.6 is 0 Å². The Morgan fingerprint density at radius 1 is 1.19 bits per heavy atom. The largest absolute Gasteiger partial charge is 0.394 e. The van der Waals surface area contributed by atoms with Gasteiger partial charge in [-0.15, -0.1) is 0 Å². The second-order valence-corrected chi connectivity index (χ2v) is 5.54. The number of aliphatic hydroxyl groups excluding tert-OH is 2. The minimum absolute atomic E-state index is 0.0615. The second kappa shape index (κ2) is 7.22. The number of ether oxygens (including phenoxy) is 2. The maximum Gasteiger partial charge on any atom is 0.178 e. The van der Waals surface area contributed by atoms with E-state index < -0.39 is 6.29 Å². The molecular formula is C12H26O4. The second-order valence-electron chi connectivity index (χ2n) is 5.54. The first-order chi connectivity index (χ1) is 7.24. The SMILES string of the molecule is CC(C)OCC(O)OC(CO)CC(C)(C)C. The lowest BCUT2D eigenvalue weighted by Crippen LogP contribution is -2.32. The van der Waals surface area contributed by atoms with Crippen molar-refractivity contribution >= 4 is 0 Å². The van der Waals surface area contributed by atoms with E-state index >= 15 is 0 Å². The van der Waals surface area contributed by atoms with Crippen molar-refractivity contribution in [3.63, 3.8) is 0 Å². The quantitative estimate of drug-likeness (QED) is 0.656. The van der Waals surface area contributed by atoms with Crippen LogP contribution in [0.25, 0.3) is 0 Å². The molecule has 0 saturated carbocycles. The smallest absolute Gasteiger partial charge is 0.178 e. The van der Waals surface area contributed by atoms with Crippen molar-refractivity contribution in [2.75, 3.05) is 13.2 Å². The molecule has 4 nitrogen and oxygen atoms in total. The zero-order valence-corrected chi connectivity index (χ0v) is 11.1. The van der Waals surface area contributed by atoms with Crippen LogP contribution in [0.4, 0.5) is 0 Å². The van der Waals surface area contributed by atoms with Gasteiger partial charge in [-0.2, -0.15) is 0 Å². The average molecular weight is 234 g/mol. The summed E-state index contributed by atoms with van der Waals surface area (Å²) < 4.78 is 10.5. The summed E-state index contributed by atoms with van der Waals surface area (Å²) in [5.41, 5.74) is 0.0615. The lowest BCUT2D eigenvalue weighted by Gasteiger charge is -2.26.